The van der Waals surface area contributed by atoms with Crippen LogP contribution in [-0.4, -0.2) is 30.6 Å². The fourth-order valence-electron chi connectivity index (χ4n) is 4.52. The van der Waals surface area contributed by atoms with Crippen LogP contribution >= 0.6 is 0 Å². The van der Waals surface area contributed by atoms with Gasteiger partial charge in [-0.15, -0.1) is 0 Å². The van der Waals surface area contributed by atoms with Gasteiger partial charge in [0.25, 0.3) is 0 Å². The lowest BCUT2D eigenvalue weighted by atomic mass is 9.77. The molecule has 5 aliphatic rings. The molecule has 23 heavy (non-hydrogen) atoms. The van der Waals surface area contributed by atoms with Gasteiger partial charge in [-0.25, -0.2) is 4.99 Å². The van der Waals surface area contributed by atoms with E-state index >= 15 is 0 Å². The second-order valence-corrected chi connectivity index (χ2v) is 6.80. The first-order valence-corrected chi connectivity index (χ1v) is 8.44. The Balaban J connectivity index is 1.48. The fraction of sp³-hybridized carbons (Fsp3) is 0.526. The van der Waals surface area contributed by atoms with Crippen LogP contribution in [0.2, 0.25) is 0 Å². The SMILES string of the molecule is [2H]C([2H])([2H])C1=NC2OC3=C([C@@H]4NCC=C5C=COC54)CCC[C@H]3C2C=C1. The number of fused-ring (bicyclic) bond motifs is 4. The van der Waals surface area contributed by atoms with Crippen LogP contribution in [0.3, 0.4) is 0 Å². The Morgan fingerprint density at radius 1 is 1.39 bits per heavy atom. The molecule has 1 saturated heterocycles. The summed E-state index contributed by atoms with van der Waals surface area (Å²) in [5.41, 5.74) is 2.64. The second kappa shape index (κ2) is 5.10. The first-order valence-electron chi connectivity index (χ1n) is 9.94. The molecule has 4 heterocycles. The second-order valence-electron chi connectivity index (χ2n) is 6.80. The van der Waals surface area contributed by atoms with Gasteiger partial charge in [-0.1, -0.05) is 12.2 Å². The third kappa shape index (κ3) is 2.04. The molecular formula is C19H22N2O2. The minimum atomic E-state index is -2.19. The molecule has 1 aliphatic carbocycles. The van der Waals surface area contributed by atoms with Crippen LogP contribution in [0.5, 0.6) is 0 Å². The molecule has 4 aliphatic heterocycles. The summed E-state index contributed by atoms with van der Waals surface area (Å²) in [4.78, 5) is 4.42. The molecule has 120 valence electrons. The summed E-state index contributed by atoms with van der Waals surface area (Å²) in [5, 5.41) is 3.56. The maximum Gasteiger partial charge on any atom is 0.196 e. The topological polar surface area (TPSA) is 42.8 Å². The molecule has 5 atom stereocenters. The van der Waals surface area contributed by atoms with Gasteiger partial charge in [-0.3, -0.25) is 0 Å². The zero-order valence-electron chi connectivity index (χ0n) is 15.9. The fourth-order valence-corrected chi connectivity index (χ4v) is 4.52. The Labute approximate surface area is 140 Å². The van der Waals surface area contributed by atoms with Crippen LogP contribution in [0, 0.1) is 11.8 Å². The normalized spacial score (nSPS) is 43.1. The van der Waals surface area contributed by atoms with Gasteiger partial charge >= 0.3 is 0 Å². The van der Waals surface area contributed by atoms with E-state index in [2.05, 4.69) is 16.4 Å². The standard InChI is InChI=1S/C19H22N2O2/c1-11-5-6-14-13-3-2-4-15(18(13)23-19(14)21-11)16-17-12(7-9-20-16)8-10-22-17/h5-8,10,13-14,16-17,19-20H,2-4,9H2,1H3/t13-,14?,16-,17?,19?/m0/s1/i1D3. The molecule has 0 aromatic carbocycles. The zero-order chi connectivity index (χ0) is 17.9. The van der Waals surface area contributed by atoms with E-state index < -0.39 is 13.1 Å². The van der Waals surface area contributed by atoms with E-state index in [-0.39, 0.29) is 29.7 Å². The number of aliphatic imine (C=N–C) groups is 1. The van der Waals surface area contributed by atoms with Crippen molar-refractivity contribution in [1.29, 1.82) is 0 Å². The molecule has 0 amide bonds. The molecule has 4 heteroatoms. The van der Waals surface area contributed by atoms with Gasteiger partial charge in [0.15, 0.2) is 6.23 Å². The van der Waals surface area contributed by atoms with Crippen molar-refractivity contribution in [1.82, 2.24) is 5.32 Å². The quantitative estimate of drug-likeness (QED) is 0.809. The molecule has 1 fully saturated rings. The van der Waals surface area contributed by atoms with Crippen molar-refractivity contribution in [2.45, 2.75) is 44.5 Å². The van der Waals surface area contributed by atoms with E-state index in [4.69, 9.17) is 13.6 Å². The number of dihydropyridines is 1. The molecular weight excluding hydrogens is 288 g/mol. The van der Waals surface area contributed by atoms with Crippen LogP contribution in [-0.2, 0) is 9.47 Å². The predicted molar refractivity (Wildman–Crippen MR) is 88.9 cm³/mol. The first kappa shape index (κ1) is 10.9. The Morgan fingerprint density at radius 3 is 3.35 bits per heavy atom. The zero-order valence-corrected chi connectivity index (χ0v) is 12.9. The Bertz CT molecular complexity index is 778. The van der Waals surface area contributed by atoms with Crippen LogP contribution in [0.15, 0.2) is 52.5 Å². The molecule has 3 unspecified atom stereocenters. The number of hydrogen-bond acceptors (Lipinski definition) is 4. The predicted octanol–water partition coefficient (Wildman–Crippen LogP) is 2.85. The summed E-state index contributed by atoms with van der Waals surface area (Å²) in [7, 11) is 0. The Kier molecular flexibility index (Phi) is 2.41. The van der Waals surface area contributed by atoms with Crippen molar-refractivity contribution < 1.29 is 13.6 Å². The number of allylic oxidation sites excluding steroid dienone is 2. The van der Waals surface area contributed by atoms with Crippen molar-refractivity contribution in [2.24, 2.45) is 16.8 Å². The largest absolute Gasteiger partial charge is 0.491 e. The molecule has 0 aromatic heterocycles. The van der Waals surface area contributed by atoms with Gasteiger partial charge in [0.05, 0.1) is 12.3 Å². The highest BCUT2D eigenvalue weighted by Crippen LogP contribution is 2.48. The van der Waals surface area contributed by atoms with Crippen molar-refractivity contribution >= 4 is 5.71 Å². The summed E-state index contributed by atoms with van der Waals surface area (Å²) in [6.07, 6.45) is 12.4. The van der Waals surface area contributed by atoms with E-state index in [0.29, 0.717) is 0 Å². The number of nitrogens with one attached hydrogen (secondary N) is 1. The molecule has 0 saturated carbocycles. The lowest BCUT2D eigenvalue weighted by Gasteiger charge is -2.34. The third-order valence-corrected chi connectivity index (χ3v) is 5.57. The van der Waals surface area contributed by atoms with Crippen molar-refractivity contribution in [2.75, 3.05) is 6.54 Å². The average molecular weight is 313 g/mol. The first-order chi connectivity index (χ1) is 12.5. The summed E-state index contributed by atoms with van der Waals surface area (Å²) < 4.78 is 34.9. The van der Waals surface area contributed by atoms with Gasteiger partial charge in [0, 0.05) is 28.2 Å². The van der Waals surface area contributed by atoms with Gasteiger partial charge in [0.1, 0.15) is 11.9 Å². The molecule has 1 N–H and O–H groups in total. The van der Waals surface area contributed by atoms with Gasteiger partial charge in [-0.05, 0) is 49.4 Å². The summed E-state index contributed by atoms with van der Waals surface area (Å²) in [6.45, 7) is -1.37. The van der Waals surface area contributed by atoms with E-state index in [1.807, 2.05) is 12.2 Å². The summed E-state index contributed by atoms with van der Waals surface area (Å²) in [5.74, 6) is 1.43. The lowest BCUT2D eigenvalue weighted by molar-refractivity contribution is 0.133. The molecule has 0 spiro atoms. The van der Waals surface area contributed by atoms with E-state index in [0.717, 1.165) is 31.6 Å². The van der Waals surface area contributed by atoms with Crippen LogP contribution in [0.1, 0.15) is 30.2 Å². The smallest absolute Gasteiger partial charge is 0.196 e. The minimum absolute atomic E-state index is 0.00760. The lowest BCUT2D eigenvalue weighted by Crippen LogP contribution is -2.46. The Morgan fingerprint density at radius 2 is 2.39 bits per heavy atom. The molecule has 0 radical (unpaired) electrons. The molecule has 5 rings (SSSR count). The van der Waals surface area contributed by atoms with Gasteiger partial charge in [-0.2, -0.15) is 0 Å². The summed E-state index contributed by atoms with van der Waals surface area (Å²) in [6, 6.07) is 0.109. The van der Waals surface area contributed by atoms with E-state index in [9.17, 15) is 0 Å². The highest BCUT2D eigenvalue weighted by Gasteiger charge is 2.46. The van der Waals surface area contributed by atoms with Crippen molar-refractivity contribution in [3.05, 3.63) is 47.5 Å². The number of rotatable bonds is 1. The van der Waals surface area contributed by atoms with Crippen LogP contribution < -0.4 is 5.32 Å². The van der Waals surface area contributed by atoms with Crippen LogP contribution in [0.4, 0.5) is 0 Å². The maximum absolute atomic E-state index is 7.60. The van der Waals surface area contributed by atoms with Crippen molar-refractivity contribution in [3.8, 4) is 0 Å². The molecule has 0 aromatic rings. The molecule has 4 nitrogen and oxygen atoms in total. The van der Waals surface area contributed by atoms with Crippen LogP contribution in [0.25, 0.3) is 0 Å². The van der Waals surface area contributed by atoms with E-state index in [1.54, 1.807) is 12.3 Å². The highest BCUT2D eigenvalue weighted by molar-refractivity contribution is 5.93. The molecule has 0 bridgehead atoms. The van der Waals surface area contributed by atoms with Gasteiger partial charge in [0.2, 0.25) is 0 Å². The monoisotopic (exact) mass is 313 g/mol. The number of nitrogens with zero attached hydrogens (tertiary/aromatic N) is 1. The summed E-state index contributed by atoms with van der Waals surface area (Å²) >= 11 is 0. The highest BCUT2D eigenvalue weighted by atomic mass is 16.5. The van der Waals surface area contributed by atoms with Crippen molar-refractivity contribution in [3.63, 3.8) is 0 Å². The average Bonchev–Trinajstić information content (AvgIpc) is 3.24. The maximum atomic E-state index is 7.60. The van der Waals surface area contributed by atoms with E-state index in [1.165, 1.54) is 11.1 Å². The van der Waals surface area contributed by atoms with Gasteiger partial charge < -0.3 is 14.8 Å². The number of ether oxygens (including phenoxy) is 2. The third-order valence-electron chi connectivity index (χ3n) is 5.57. The Hall–Kier alpha value is -1.81. The number of hydrogen-bond donors (Lipinski definition) is 1. The minimum Gasteiger partial charge on any atom is -0.491 e.